The number of H-pyrrole nitrogens is 1. The number of carbonyl (C=O) groups is 1. The van der Waals surface area contributed by atoms with Crippen molar-refractivity contribution >= 4 is 52.1 Å². The van der Waals surface area contributed by atoms with Gasteiger partial charge in [-0.25, -0.2) is 4.98 Å². The SMILES string of the molecule is CN1CCN(c2ccc(/C=C/c3n[nH]c4cc(C=C5C(=O)Nc6ccccc65)ccc34)cn2)CC1. The molecule has 0 unspecified atom stereocenters. The van der Waals surface area contributed by atoms with Crippen LogP contribution in [0.2, 0.25) is 0 Å². The van der Waals surface area contributed by atoms with E-state index in [4.69, 9.17) is 0 Å². The fourth-order valence-electron chi connectivity index (χ4n) is 4.62. The second-order valence-electron chi connectivity index (χ2n) is 9.04. The predicted octanol–water partition coefficient (Wildman–Crippen LogP) is 4.37. The zero-order valence-corrected chi connectivity index (χ0v) is 19.5. The molecule has 6 rings (SSSR count). The Balaban J connectivity index is 1.20. The Morgan fingerprint density at radius 2 is 1.77 bits per heavy atom. The van der Waals surface area contributed by atoms with Crippen LogP contribution < -0.4 is 10.2 Å². The number of likely N-dealkylation sites (N-methyl/N-ethyl adjacent to an activating group) is 1. The van der Waals surface area contributed by atoms with E-state index >= 15 is 0 Å². The molecule has 0 saturated carbocycles. The number of aromatic nitrogens is 3. The number of rotatable bonds is 4. The van der Waals surface area contributed by atoms with Gasteiger partial charge in [0.25, 0.3) is 5.91 Å². The molecule has 1 amide bonds. The Bertz CT molecular complexity index is 1460. The van der Waals surface area contributed by atoms with Crippen LogP contribution in [0.4, 0.5) is 11.5 Å². The number of hydrogen-bond donors (Lipinski definition) is 2. The van der Waals surface area contributed by atoms with Crippen LogP contribution in [-0.2, 0) is 4.79 Å². The molecule has 2 aliphatic rings. The number of piperazine rings is 1. The number of para-hydroxylation sites is 1. The molecule has 35 heavy (non-hydrogen) atoms. The van der Waals surface area contributed by atoms with Crippen LogP contribution in [0.3, 0.4) is 0 Å². The van der Waals surface area contributed by atoms with Gasteiger partial charge in [-0.15, -0.1) is 0 Å². The maximum absolute atomic E-state index is 12.4. The second kappa shape index (κ2) is 8.85. The Labute approximate surface area is 203 Å². The molecular weight excluding hydrogens is 436 g/mol. The Kier molecular flexibility index (Phi) is 5.39. The van der Waals surface area contributed by atoms with Gasteiger partial charge in [-0.3, -0.25) is 9.89 Å². The molecule has 4 aromatic rings. The van der Waals surface area contributed by atoms with E-state index in [0.29, 0.717) is 5.57 Å². The zero-order valence-electron chi connectivity index (χ0n) is 19.5. The van der Waals surface area contributed by atoms with Crippen LogP contribution in [-0.4, -0.2) is 59.2 Å². The van der Waals surface area contributed by atoms with Gasteiger partial charge in [0.05, 0.1) is 11.2 Å². The molecule has 0 bridgehead atoms. The van der Waals surface area contributed by atoms with Crippen molar-refractivity contribution in [1.29, 1.82) is 0 Å². The van der Waals surface area contributed by atoms with Crippen LogP contribution in [0, 0.1) is 0 Å². The summed E-state index contributed by atoms with van der Waals surface area (Å²) in [6.45, 7) is 4.14. The molecule has 0 atom stereocenters. The third-order valence-electron chi connectivity index (χ3n) is 6.67. The van der Waals surface area contributed by atoms with Crippen LogP contribution in [0.25, 0.3) is 34.7 Å². The summed E-state index contributed by atoms with van der Waals surface area (Å²) >= 11 is 0. The predicted molar refractivity (Wildman–Crippen MR) is 142 cm³/mol. The molecule has 7 heteroatoms. The first-order chi connectivity index (χ1) is 17.1. The average molecular weight is 463 g/mol. The maximum Gasteiger partial charge on any atom is 0.256 e. The highest BCUT2D eigenvalue weighted by Gasteiger charge is 2.23. The van der Waals surface area contributed by atoms with Gasteiger partial charge in [-0.1, -0.05) is 30.3 Å². The Morgan fingerprint density at radius 1 is 0.943 bits per heavy atom. The third-order valence-corrected chi connectivity index (χ3v) is 6.67. The van der Waals surface area contributed by atoms with Crippen LogP contribution >= 0.6 is 0 Å². The largest absolute Gasteiger partial charge is 0.354 e. The Morgan fingerprint density at radius 3 is 2.60 bits per heavy atom. The molecule has 1 fully saturated rings. The van der Waals surface area contributed by atoms with Crippen molar-refractivity contribution in [3.05, 3.63) is 83.2 Å². The molecule has 0 aliphatic carbocycles. The van der Waals surface area contributed by atoms with Gasteiger partial charge in [-0.2, -0.15) is 5.10 Å². The summed E-state index contributed by atoms with van der Waals surface area (Å²) in [5.41, 5.74) is 6.23. The lowest BCUT2D eigenvalue weighted by atomic mass is 10.0. The summed E-state index contributed by atoms with van der Waals surface area (Å²) in [5.74, 6) is 0.951. The molecule has 1 saturated heterocycles. The van der Waals surface area contributed by atoms with Crippen molar-refractivity contribution in [3.8, 4) is 0 Å². The van der Waals surface area contributed by atoms with Gasteiger partial charge in [0, 0.05) is 54.6 Å². The summed E-state index contributed by atoms with van der Waals surface area (Å²) < 4.78 is 0. The number of nitrogens with zero attached hydrogens (tertiary/aromatic N) is 4. The van der Waals surface area contributed by atoms with Gasteiger partial charge < -0.3 is 15.1 Å². The number of aromatic amines is 1. The lowest BCUT2D eigenvalue weighted by Crippen LogP contribution is -2.44. The fraction of sp³-hybridized carbons (Fsp3) is 0.179. The van der Waals surface area contributed by atoms with Gasteiger partial charge in [0.2, 0.25) is 0 Å². The molecule has 2 aromatic carbocycles. The highest BCUT2D eigenvalue weighted by Crippen LogP contribution is 2.33. The summed E-state index contributed by atoms with van der Waals surface area (Å²) in [5, 5.41) is 11.6. The minimum absolute atomic E-state index is 0.0771. The topological polar surface area (TPSA) is 77.1 Å². The standard InChI is InChI=1S/C28H26N6O/c1-33-12-14-34(15-13-33)27-11-8-19(18-29-27)7-10-25-22-9-6-20(17-26(22)32-31-25)16-23-21-4-2-3-5-24(21)30-28(23)35/h2-11,16-18H,12-15H2,1H3,(H,30,35)(H,31,32)/b10-7+,23-16?. The maximum atomic E-state index is 12.4. The summed E-state index contributed by atoms with van der Waals surface area (Å²) in [7, 11) is 2.16. The van der Waals surface area contributed by atoms with Crippen molar-refractivity contribution in [2.75, 3.05) is 43.4 Å². The smallest absolute Gasteiger partial charge is 0.256 e. The van der Waals surface area contributed by atoms with E-state index in [-0.39, 0.29) is 5.91 Å². The van der Waals surface area contributed by atoms with Crippen LogP contribution in [0.1, 0.15) is 22.4 Å². The second-order valence-corrected chi connectivity index (χ2v) is 9.04. The van der Waals surface area contributed by atoms with Gasteiger partial charge in [0.1, 0.15) is 5.82 Å². The minimum Gasteiger partial charge on any atom is -0.354 e. The molecule has 0 radical (unpaired) electrons. The summed E-state index contributed by atoms with van der Waals surface area (Å²) in [6.07, 6.45) is 7.87. The zero-order chi connectivity index (χ0) is 23.8. The molecule has 2 aliphatic heterocycles. The number of amides is 1. The van der Waals surface area contributed by atoms with Gasteiger partial charge in [0.15, 0.2) is 0 Å². The number of anilines is 2. The summed E-state index contributed by atoms with van der Waals surface area (Å²) in [6, 6.07) is 18.0. The van der Waals surface area contributed by atoms with Gasteiger partial charge in [-0.05, 0) is 60.7 Å². The van der Waals surface area contributed by atoms with E-state index < -0.39 is 0 Å². The first-order valence-corrected chi connectivity index (χ1v) is 11.8. The molecule has 0 spiro atoms. The molecule has 2 N–H and O–H groups in total. The van der Waals surface area contributed by atoms with E-state index in [1.54, 1.807) is 0 Å². The molecule has 174 valence electrons. The first-order valence-electron chi connectivity index (χ1n) is 11.8. The third kappa shape index (κ3) is 4.22. The number of carbonyl (C=O) groups excluding carboxylic acids is 1. The lowest BCUT2D eigenvalue weighted by molar-refractivity contribution is -0.110. The number of hydrogen-bond acceptors (Lipinski definition) is 5. The fourth-order valence-corrected chi connectivity index (χ4v) is 4.62. The number of fused-ring (bicyclic) bond motifs is 2. The molecule has 7 nitrogen and oxygen atoms in total. The Hall–Kier alpha value is -4.23. The molecule has 2 aromatic heterocycles. The molecule has 4 heterocycles. The van der Waals surface area contributed by atoms with Crippen LogP contribution in [0.15, 0.2) is 60.8 Å². The number of benzene rings is 2. The van der Waals surface area contributed by atoms with Crippen LogP contribution in [0.5, 0.6) is 0 Å². The van der Waals surface area contributed by atoms with Crippen molar-refractivity contribution in [1.82, 2.24) is 20.1 Å². The highest BCUT2D eigenvalue weighted by atomic mass is 16.2. The average Bonchev–Trinajstić information content (AvgIpc) is 3.43. The van der Waals surface area contributed by atoms with E-state index in [9.17, 15) is 4.79 Å². The van der Waals surface area contributed by atoms with E-state index in [2.05, 4.69) is 49.5 Å². The van der Waals surface area contributed by atoms with Crippen molar-refractivity contribution < 1.29 is 4.79 Å². The van der Waals surface area contributed by atoms with Crippen molar-refractivity contribution in [2.45, 2.75) is 0 Å². The number of nitrogens with one attached hydrogen (secondary N) is 2. The highest BCUT2D eigenvalue weighted by molar-refractivity contribution is 6.34. The first kappa shape index (κ1) is 21.3. The quantitative estimate of drug-likeness (QED) is 0.441. The van der Waals surface area contributed by atoms with E-state index in [1.807, 2.05) is 66.9 Å². The monoisotopic (exact) mass is 462 g/mol. The minimum atomic E-state index is -0.0771. The van der Waals surface area contributed by atoms with Gasteiger partial charge >= 0.3 is 0 Å². The normalized spacial score (nSPS) is 17.5. The number of pyridine rings is 1. The van der Waals surface area contributed by atoms with E-state index in [1.165, 1.54) is 0 Å². The van der Waals surface area contributed by atoms with E-state index in [0.717, 1.165) is 71.0 Å². The molecular formula is C28H26N6O. The van der Waals surface area contributed by atoms with Crippen molar-refractivity contribution in [2.24, 2.45) is 0 Å². The lowest BCUT2D eigenvalue weighted by Gasteiger charge is -2.33. The van der Waals surface area contributed by atoms with Crippen molar-refractivity contribution in [3.63, 3.8) is 0 Å². The summed E-state index contributed by atoms with van der Waals surface area (Å²) in [4.78, 5) is 21.8.